The minimum absolute atomic E-state index is 0.0206. The van der Waals surface area contributed by atoms with Crippen molar-refractivity contribution in [1.29, 1.82) is 0 Å². The summed E-state index contributed by atoms with van der Waals surface area (Å²) < 4.78 is 0. The summed E-state index contributed by atoms with van der Waals surface area (Å²) in [5.41, 5.74) is 4.33. The summed E-state index contributed by atoms with van der Waals surface area (Å²) in [5.74, 6) is 1.43. The lowest BCUT2D eigenvalue weighted by Crippen LogP contribution is -2.25. The van der Waals surface area contributed by atoms with Crippen LogP contribution in [0.4, 0.5) is 0 Å². The topological polar surface area (TPSA) is 70.7 Å². The van der Waals surface area contributed by atoms with Crippen LogP contribution in [0.15, 0.2) is 30.5 Å². The Morgan fingerprint density at radius 2 is 2.07 bits per heavy atom. The number of amides is 1. The molecule has 28 heavy (non-hydrogen) atoms. The molecule has 1 fully saturated rings. The number of thiophene rings is 1. The number of H-pyrrole nitrogens is 1. The van der Waals surface area contributed by atoms with Crippen LogP contribution in [0, 0.1) is 13.8 Å². The van der Waals surface area contributed by atoms with Gasteiger partial charge in [-0.1, -0.05) is 18.2 Å². The Bertz CT molecular complexity index is 1200. The maximum atomic E-state index is 12.8. The summed E-state index contributed by atoms with van der Waals surface area (Å²) in [4.78, 5) is 27.2. The molecule has 1 aliphatic carbocycles. The van der Waals surface area contributed by atoms with Crippen molar-refractivity contribution in [3.05, 3.63) is 58.0 Å². The first-order chi connectivity index (χ1) is 13.6. The Morgan fingerprint density at radius 1 is 1.25 bits per heavy atom. The van der Waals surface area contributed by atoms with E-state index in [-0.39, 0.29) is 5.91 Å². The Labute approximate surface area is 167 Å². The maximum absolute atomic E-state index is 12.8. The zero-order valence-electron chi connectivity index (χ0n) is 16.0. The van der Waals surface area contributed by atoms with Crippen LogP contribution in [0.1, 0.15) is 51.1 Å². The van der Waals surface area contributed by atoms with Crippen LogP contribution in [-0.2, 0) is 6.42 Å². The third kappa shape index (κ3) is 2.98. The third-order valence-electron chi connectivity index (χ3n) is 5.49. The molecule has 0 radical (unpaired) electrons. The fourth-order valence-electron chi connectivity index (χ4n) is 3.83. The van der Waals surface area contributed by atoms with Gasteiger partial charge in [-0.25, -0.2) is 9.97 Å². The highest BCUT2D eigenvalue weighted by atomic mass is 32.1. The predicted molar refractivity (Wildman–Crippen MR) is 113 cm³/mol. The van der Waals surface area contributed by atoms with E-state index < -0.39 is 0 Å². The van der Waals surface area contributed by atoms with Crippen LogP contribution < -0.4 is 5.32 Å². The molecule has 142 valence electrons. The molecule has 1 saturated carbocycles. The van der Waals surface area contributed by atoms with Gasteiger partial charge in [0.05, 0.1) is 10.6 Å². The van der Waals surface area contributed by atoms with Gasteiger partial charge in [0.15, 0.2) is 0 Å². The number of carbonyl (C=O) groups excluding carboxylic acids is 1. The fourth-order valence-corrected chi connectivity index (χ4v) is 4.99. The number of aryl methyl sites for hydroxylation is 2. The van der Waals surface area contributed by atoms with Crippen molar-refractivity contribution in [1.82, 2.24) is 20.3 Å². The van der Waals surface area contributed by atoms with Gasteiger partial charge in [0, 0.05) is 34.9 Å². The average Bonchev–Trinajstić information content (AvgIpc) is 3.38. The number of benzene rings is 1. The minimum Gasteiger partial charge on any atom is -0.361 e. The fraction of sp³-hybridized carbons (Fsp3) is 0.318. The molecule has 1 amide bonds. The molecule has 0 saturated heterocycles. The highest BCUT2D eigenvalue weighted by molar-refractivity contribution is 7.20. The molecule has 5 nitrogen and oxygen atoms in total. The number of nitrogens with one attached hydrogen (secondary N) is 2. The summed E-state index contributed by atoms with van der Waals surface area (Å²) in [6.07, 6.45) is 5.18. The number of para-hydroxylation sites is 1. The molecule has 1 aromatic carbocycles. The van der Waals surface area contributed by atoms with Gasteiger partial charge >= 0.3 is 0 Å². The molecule has 2 N–H and O–H groups in total. The summed E-state index contributed by atoms with van der Waals surface area (Å²) >= 11 is 1.49. The Morgan fingerprint density at radius 3 is 2.89 bits per heavy atom. The molecule has 0 spiro atoms. The molecular weight excluding hydrogens is 368 g/mol. The predicted octanol–water partition coefficient (Wildman–Crippen LogP) is 4.64. The van der Waals surface area contributed by atoms with Crippen molar-refractivity contribution in [2.75, 3.05) is 6.54 Å². The molecule has 3 aromatic heterocycles. The number of hydrogen-bond donors (Lipinski definition) is 2. The first-order valence-electron chi connectivity index (χ1n) is 9.72. The monoisotopic (exact) mass is 390 g/mol. The second kappa shape index (κ2) is 6.71. The van der Waals surface area contributed by atoms with E-state index >= 15 is 0 Å². The van der Waals surface area contributed by atoms with E-state index in [0.717, 1.165) is 44.1 Å². The first kappa shape index (κ1) is 17.4. The second-order valence-electron chi connectivity index (χ2n) is 7.54. The Kier molecular flexibility index (Phi) is 4.16. The summed E-state index contributed by atoms with van der Waals surface area (Å²) in [6.45, 7) is 4.63. The van der Waals surface area contributed by atoms with E-state index in [1.54, 1.807) is 0 Å². The molecule has 0 aliphatic heterocycles. The largest absolute Gasteiger partial charge is 0.361 e. The van der Waals surface area contributed by atoms with Crippen LogP contribution in [-0.4, -0.2) is 27.4 Å². The van der Waals surface area contributed by atoms with Crippen LogP contribution in [0.5, 0.6) is 0 Å². The van der Waals surface area contributed by atoms with Gasteiger partial charge in [-0.3, -0.25) is 4.79 Å². The molecule has 3 heterocycles. The SMILES string of the molecule is Cc1nc(C2CC2)nc2sc(C(=O)NCCc3c[nH]c4ccccc34)c(C)c12. The number of hydrogen-bond acceptors (Lipinski definition) is 4. The molecule has 0 bridgehead atoms. The number of fused-ring (bicyclic) bond motifs is 2. The summed E-state index contributed by atoms with van der Waals surface area (Å²) in [5, 5.41) is 5.34. The van der Waals surface area contributed by atoms with E-state index in [2.05, 4.69) is 27.4 Å². The smallest absolute Gasteiger partial charge is 0.261 e. The quantitative estimate of drug-likeness (QED) is 0.521. The Balaban J connectivity index is 1.34. The molecule has 4 aromatic rings. The van der Waals surface area contributed by atoms with Crippen molar-refractivity contribution in [2.24, 2.45) is 0 Å². The number of nitrogens with zero attached hydrogens (tertiary/aromatic N) is 2. The van der Waals surface area contributed by atoms with Gasteiger partial charge in [-0.2, -0.15) is 0 Å². The number of aromatic amines is 1. The highest BCUT2D eigenvalue weighted by Gasteiger charge is 2.28. The summed E-state index contributed by atoms with van der Waals surface area (Å²) in [7, 11) is 0. The molecule has 5 rings (SSSR count). The van der Waals surface area contributed by atoms with Crippen molar-refractivity contribution < 1.29 is 4.79 Å². The van der Waals surface area contributed by atoms with Crippen LogP contribution in [0.25, 0.3) is 21.1 Å². The van der Waals surface area contributed by atoms with E-state index in [0.29, 0.717) is 12.5 Å². The highest BCUT2D eigenvalue weighted by Crippen LogP contribution is 2.40. The molecule has 0 unspecified atom stereocenters. The van der Waals surface area contributed by atoms with Gasteiger partial charge in [0.2, 0.25) is 0 Å². The lowest BCUT2D eigenvalue weighted by Gasteiger charge is -2.04. The molecular formula is C22H22N4OS. The lowest BCUT2D eigenvalue weighted by molar-refractivity contribution is 0.0957. The van der Waals surface area contributed by atoms with Crippen molar-refractivity contribution in [2.45, 2.75) is 39.0 Å². The zero-order chi connectivity index (χ0) is 19.3. The van der Waals surface area contributed by atoms with E-state index in [1.807, 2.05) is 32.2 Å². The maximum Gasteiger partial charge on any atom is 0.261 e. The van der Waals surface area contributed by atoms with Crippen molar-refractivity contribution in [3.63, 3.8) is 0 Å². The van der Waals surface area contributed by atoms with Gasteiger partial charge < -0.3 is 10.3 Å². The van der Waals surface area contributed by atoms with Crippen LogP contribution in [0.3, 0.4) is 0 Å². The normalized spacial score (nSPS) is 14.1. The second-order valence-corrected chi connectivity index (χ2v) is 8.54. The Hall–Kier alpha value is -2.73. The zero-order valence-corrected chi connectivity index (χ0v) is 16.8. The number of carbonyl (C=O) groups is 1. The van der Waals surface area contributed by atoms with Gasteiger partial charge in [-0.15, -0.1) is 11.3 Å². The van der Waals surface area contributed by atoms with E-state index in [1.165, 1.54) is 35.1 Å². The molecule has 1 aliphatic rings. The van der Waals surface area contributed by atoms with Gasteiger partial charge in [-0.05, 0) is 50.3 Å². The third-order valence-corrected chi connectivity index (χ3v) is 6.68. The summed E-state index contributed by atoms with van der Waals surface area (Å²) in [6, 6.07) is 8.24. The molecule has 0 atom stereocenters. The van der Waals surface area contributed by atoms with Crippen molar-refractivity contribution >= 4 is 38.4 Å². The van der Waals surface area contributed by atoms with E-state index in [4.69, 9.17) is 4.98 Å². The number of aromatic nitrogens is 3. The lowest BCUT2D eigenvalue weighted by atomic mass is 10.1. The van der Waals surface area contributed by atoms with Crippen LogP contribution in [0.2, 0.25) is 0 Å². The standard InChI is InChI=1S/C22H22N4OS/c1-12-18-13(2)25-20(14-7-8-14)26-22(18)28-19(12)21(27)23-10-9-15-11-24-17-6-4-3-5-16(15)17/h3-6,11,14,24H,7-10H2,1-2H3,(H,23,27). The van der Waals surface area contributed by atoms with Crippen LogP contribution >= 0.6 is 11.3 Å². The van der Waals surface area contributed by atoms with Gasteiger partial charge in [0.25, 0.3) is 5.91 Å². The van der Waals surface area contributed by atoms with E-state index in [9.17, 15) is 4.79 Å². The van der Waals surface area contributed by atoms with Crippen molar-refractivity contribution in [3.8, 4) is 0 Å². The molecule has 6 heteroatoms. The first-order valence-corrected chi connectivity index (χ1v) is 10.5. The number of rotatable bonds is 5. The van der Waals surface area contributed by atoms with Gasteiger partial charge in [0.1, 0.15) is 10.7 Å². The average molecular weight is 391 g/mol. The minimum atomic E-state index is -0.0206.